The van der Waals surface area contributed by atoms with Crippen LogP contribution in [0.4, 0.5) is 5.69 Å². The minimum atomic E-state index is -3.39. The molecule has 1 aromatic rings. The Balaban J connectivity index is 2.42. The predicted octanol–water partition coefficient (Wildman–Crippen LogP) is 0.932. The average molecular weight is 386 g/mol. The summed E-state index contributed by atoms with van der Waals surface area (Å²) in [5.41, 5.74) is 5.95. The van der Waals surface area contributed by atoms with E-state index < -0.39 is 22.0 Å². The van der Waals surface area contributed by atoms with Crippen molar-refractivity contribution in [3.05, 3.63) is 18.2 Å². The number of nitrogens with zero attached hydrogens (tertiary/aromatic N) is 1. The number of nitrogens with two attached hydrogens (primary N) is 1. The van der Waals surface area contributed by atoms with Gasteiger partial charge in [0.25, 0.3) is 0 Å². The highest BCUT2D eigenvalue weighted by molar-refractivity contribution is 7.90. The Kier molecular flexibility index (Phi) is 6.85. The number of benzene rings is 1. The molecule has 0 saturated carbocycles. The molecule has 0 spiro atoms. The van der Waals surface area contributed by atoms with E-state index in [0.29, 0.717) is 31.2 Å². The lowest BCUT2D eigenvalue weighted by Gasteiger charge is -2.40. The molecule has 0 fully saturated rings. The van der Waals surface area contributed by atoms with Crippen LogP contribution in [0.25, 0.3) is 0 Å². The Hall–Kier alpha value is -1.84. The molecule has 0 bridgehead atoms. The van der Waals surface area contributed by atoms with Crippen molar-refractivity contribution < 1.29 is 27.4 Å². The van der Waals surface area contributed by atoms with Gasteiger partial charge in [0.15, 0.2) is 16.1 Å². The van der Waals surface area contributed by atoms with Gasteiger partial charge in [-0.25, -0.2) is 8.42 Å². The van der Waals surface area contributed by atoms with E-state index in [0.717, 1.165) is 6.26 Å². The quantitative estimate of drug-likeness (QED) is 0.629. The van der Waals surface area contributed by atoms with Crippen molar-refractivity contribution in [1.82, 2.24) is 0 Å². The molecule has 8 nitrogen and oxygen atoms in total. The molecular weight excluding hydrogens is 360 g/mol. The van der Waals surface area contributed by atoms with Gasteiger partial charge in [0, 0.05) is 19.5 Å². The summed E-state index contributed by atoms with van der Waals surface area (Å²) >= 11 is 0. The van der Waals surface area contributed by atoms with Crippen molar-refractivity contribution in [2.24, 2.45) is 5.73 Å². The molecule has 1 atom stereocenters. The highest BCUT2D eigenvalue weighted by atomic mass is 32.2. The van der Waals surface area contributed by atoms with Gasteiger partial charge < -0.3 is 24.8 Å². The Morgan fingerprint density at radius 3 is 2.54 bits per heavy atom. The fraction of sp³-hybridized carbons (Fsp3) is 0.588. The van der Waals surface area contributed by atoms with Crippen LogP contribution in [0.5, 0.6) is 5.75 Å². The van der Waals surface area contributed by atoms with Gasteiger partial charge in [-0.2, -0.15) is 0 Å². The monoisotopic (exact) mass is 386 g/mol. The van der Waals surface area contributed by atoms with Crippen LogP contribution in [0.15, 0.2) is 23.1 Å². The third-order valence-electron chi connectivity index (χ3n) is 4.03. The topological polar surface area (TPSA) is 108 Å². The average Bonchev–Trinajstić information content (AvgIpc) is 2.55. The van der Waals surface area contributed by atoms with Gasteiger partial charge in [0.1, 0.15) is 12.4 Å². The van der Waals surface area contributed by atoms with Crippen LogP contribution in [0, 0.1) is 0 Å². The van der Waals surface area contributed by atoms with Crippen molar-refractivity contribution >= 4 is 21.4 Å². The number of carbonyl (C=O) groups excluding carboxylic acids is 1. The molecule has 146 valence electrons. The van der Waals surface area contributed by atoms with Crippen LogP contribution in [0.3, 0.4) is 0 Å². The van der Waals surface area contributed by atoms with E-state index in [2.05, 4.69) is 0 Å². The maximum absolute atomic E-state index is 11.9. The third kappa shape index (κ3) is 5.09. The first kappa shape index (κ1) is 20.5. The first-order chi connectivity index (χ1) is 12.3. The fourth-order valence-corrected chi connectivity index (χ4v) is 3.52. The number of anilines is 1. The number of fused-ring (bicyclic) bond motifs is 1. The third-order valence-corrected chi connectivity index (χ3v) is 5.14. The number of rotatable bonds is 9. The maximum Gasteiger partial charge on any atom is 0.219 e. The van der Waals surface area contributed by atoms with Crippen LogP contribution in [-0.2, 0) is 24.1 Å². The molecule has 1 aliphatic rings. The lowest BCUT2D eigenvalue weighted by Crippen LogP contribution is -2.49. The van der Waals surface area contributed by atoms with E-state index in [-0.39, 0.29) is 24.0 Å². The largest absolute Gasteiger partial charge is 0.489 e. The molecule has 1 aromatic carbocycles. The van der Waals surface area contributed by atoms with Crippen molar-refractivity contribution in [2.75, 3.05) is 37.5 Å². The van der Waals surface area contributed by atoms with Crippen molar-refractivity contribution in [3.63, 3.8) is 0 Å². The Labute approximate surface area is 154 Å². The second-order valence-electron chi connectivity index (χ2n) is 6.03. The first-order valence-electron chi connectivity index (χ1n) is 8.51. The van der Waals surface area contributed by atoms with E-state index >= 15 is 0 Å². The number of amides is 1. The number of hydrogen-bond donors (Lipinski definition) is 1. The number of carbonyl (C=O) groups is 1. The minimum absolute atomic E-state index is 0.0769. The van der Waals surface area contributed by atoms with Crippen LogP contribution in [0.2, 0.25) is 0 Å². The molecule has 1 heterocycles. The number of ether oxygens (including phenoxy) is 3. The Morgan fingerprint density at radius 1 is 1.35 bits per heavy atom. The van der Waals surface area contributed by atoms with Gasteiger partial charge in [0.05, 0.1) is 29.6 Å². The normalized spacial score (nSPS) is 17.1. The summed E-state index contributed by atoms with van der Waals surface area (Å²) < 4.78 is 40.8. The molecule has 9 heteroatoms. The molecule has 2 N–H and O–H groups in total. The Morgan fingerprint density at radius 2 is 2.00 bits per heavy atom. The van der Waals surface area contributed by atoms with E-state index in [1.54, 1.807) is 12.1 Å². The zero-order valence-corrected chi connectivity index (χ0v) is 16.1. The number of sulfone groups is 1. The lowest BCUT2D eigenvalue weighted by atomic mass is 10.1. The van der Waals surface area contributed by atoms with Crippen molar-refractivity contribution in [1.29, 1.82) is 0 Å². The maximum atomic E-state index is 11.9. The zero-order chi connectivity index (χ0) is 19.3. The van der Waals surface area contributed by atoms with Gasteiger partial charge in [-0.1, -0.05) is 0 Å². The summed E-state index contributed by atoms with van der Waals surface area (Å²) in [5.74, 6) is 0.0838. The molecule has 1 amide bonds. The summed E-state index contributed by atoms with van der Waals surface area (Å²) in [6, 6.07) is 4.34. The molecule has 0 aromatic heterocycles. The van der Waals surface area contributed by atoms with Gasteiger partial charge >= 0.3 is 0 Å². The van der Waals surface area contributed by atoms with Crippen LogP contribution >= 0.6 is 0 Å². The van der Waals surface area contributed by atoms with Crippen LogP contribution in [-0.4, -0.2) is 59.3 Å². The van der Waals surface area contributed by atoms with Crippen molar-refractivity contribution in [2.45, 2.75) is 37.5 Å². The second-order valence-corrected chi connectivity index (χ2v) is 8.05. The van der Waals surface area contributed by atoms with Crippen LogP contribution < -0.4 is 15.4 Å². The highest BCUT2D eigenvalue weighted by Gasteiger charge is 2.32. The molecule has 1 aliphatic heterocycles. The number of primary amides is 1. The summed E-state index contributed by atoms with van der Waals surface area (Å²) in [4.78, 5) is 13.5. The molecule has 0 radical (unpaired) electrons. The van der Waals surface area contributed by atoms with E-state index in [1.165, 1.54) is 6.07 Å². The smallest absolute Gasteiger partial charge is 0.219 e. The van der Waals surface area contributed by atoms with E-state index in [9.17, 15) is 13.2 Å². The Bertz CT molecular complexity index is 731. The van der Waals surface area contributed by atoms with Crippen molar-refractivity contribution in [3.8, 4) is 5.75 Å². The summed E-state index contributed by atoms with van der Waals surface area (Å²) in [5, 5.41) is 0. The molecule has 0 aliphatic carbocycles. The lowest BCUT2D eigenvalue weighted by molar-refractivity contribution is -0.131. The van der Waals surface area contributed by atoms with Gasteiger partial charge in [0.2, 0.25) is 5.91 Å². The summed E-state index contributed by atoms with van der Waals surface area (Å²) in [6.45, 7) is 5.24. The minimum Gasteiger partial charge on any atom is -0.489 e. The van der Waals surface area contributed by atoms with Gasteiger partial charge in [-0.3, -0.25) is 4.79 Å². The van der Waals surface area contributed by atoms with Gasteiger partial charge in [-0.05, 0) is 32.0 Å². The zero-order valence-electron chi connectivity index (χ0n) is 15.3. The van der Waals surface area contributed by atoms with Gasteiger partial charge in [-0.15, -0.1) is 0 Å². The molecule has 0 saturated heterocycles. The summed E-state index contributed by atoms with van der Waals surface area (Å²) in [7, 11) is -3.39. The SMILES string of the molecule is CCOC(CN1c2cc(S(C)(=O)=O)ccc2OCC1CC(N)=O)OCC. The second kappa shape index (κ2) is 8.70. The standard InChI is InChI=1S/C17H26N2O6S/c1-4-23-17(24-5-2)10-19-12(8-16(18)20)11-25-15-7-6-13(9-14(15)19)26(3,21)22/h6-7,9,12,17H,4-5,8,10-11H2,1-3H3,(H2,18,20). The number of hydrogen-bond acceptors (Lipinski definition) is 7. The van der Waals surface area contributed by atoms with E-state index in [1.807, 2.05) is 18.7 Å². The molecule has 26 heavy (non-hydrogen) atoms. The molecular formula is C17H26N2O6S. The highest BCUT2D eigenvalue weighted by Crippen LogP contribution is 2.37. The predicted molar refractivity (Wildman–Crippen MR) is 97.0 cm³/mol. The first-order valence-corrected chi connectivity index (χ1v) is 10.4. The van der Waals surface area contributed by atoms with Crippen LogP contribution in [0.1, 0.15) is 20.3 Å². The summed E-state index contributed by atoms with van der Waals surface area (Å²) in [6.07, 6.45) is 0.702. The molecule has 1 unspecified atom stereocenters. The molecule has 2 rings (SSSR count). The fourth-order valence-electron chi connectivity index (χ4n) is 2.88. The van der Waals surface area contributed by atoms with E-state index in [4.69, 9.17) is 19.9 Å².